The van der Waals surface area contributed by atoms with Crippen LogP contribution in [0.25, 0.3) is 149 Å². The fraction of sp³-hybridized carbons (Fsp3) is 0.0816. The van der Waals surface area contributed by atoms with Crippen LogP contribution < -0.4 is 9.80 Å². The predicted octanol–water partition coefficient (Wildman–Crippen LogP) is 27.3. The first-order valence-electron chi connectivity index (χ1n) is 36.5. The van der Waals surface area contributed by atoms with Crippen LogP contribution in [0.4, 0.5) is 34.1 Å². The molecule has 1 unspecified atom stereocenters. The Morgan fingerprint density at radius 3 is 1.62 bits per heavy atom. The summed E-state index contributed by atoms with van der Waals surface area (Å²) < 4.78 is 33.6. The zero-order chi connectivity index (χ0) is 69.5. The van der Waals surface area contributed by atoms with E-state index in [2.05, 4.69) is 352 Å². The first-order chi connectivity index (χ1) is 51.5. The molecule has 1 aliphatic carbocycles. The maximum absolute atomic E-state index is 7.92. The number of para-hydroxylation sites is 11. The van der Waals surface area contributed by atoms with E-state index in [-0.39, 0.29) is 5.41 Å². The van der Waals surface area contributed by atoms with Gasteiger partial charge in [0.2, 0.25) is 0 Å². The van der Waals surface area contributed by atoms with Crippen molar-refractivity contribution in [3.8, 4) is 39.1 Å². The molecule has 0 amide bonds. The fourth-order valence-electron chi connectivity index (χ4n) is 19.1. The molecule has 0 N–H and O–H groups in total. The Morgan fingerprint density at radius 1 is 0.324 bits per heavy atom. The highest BCUT2D eigenvalue weighted by molar-refractivity contribution is 6.27. The van der Waals surface area contributed by atoms with E-state index in [1.807, 2.05) is 0 Å². The Hall–Kier alpha value is -13.1. The van der Waals surface area contributed by atoms with Gasteiger partial charge in [-0.2, -0.15) is 0 Å². The van der Waals surface area contributed by atoms with Gasteiger partial charge in [-0.3, -0.25) is 0 Å². The molecule has 8 heterocycles. The maximum atomic E-state index is 7.92. The van der Waals surface area contributed by atoms with Crippen LogP contribution in [0.15, 0.2) is 321 Å². The van der Waals surface area contributed by atoms with Crippen LogP contribution in [-0.2, 0) is 16.2 Å². The fourth-order valence-corrected chi connectivity index (χ4v) is 19.1. The Labute approximate surface area is 604 Å². The van der Waals surface area contributed by atoms with Gasteiger partial charge in [-0.05, 0) is 105 Å². The standard InChI is InChI=1S/C98H65N3O4/c1-96(2,3)71-40-22-34-63-65-36-24-46-79(92(65)104-90(63)71)99(75-42-15-9-28-59(75)56-26-7-6-8-27-56)81-54-73-87(94-85(81)67-31-12-19-48-83(67)102-94)88-74(98(73)69-38-14-18-45-78(69)101-77-44-17-11-30-61(77)62-33-21-39-70(98)89(62)101)55-82(86-68-32-13-20-49-84(68)103-95(86)88)100-76-43-16-10-29-60(76)57-50-52-58(53-51-57)97(4,5)72-41-23-35-64-66-37-25-47-80(100)93(66)105-91(64)72/h6-55H,1-5H3. The smallest absolute Gasteiger partial charge is 0.159 e. The largest absolute Gasteiger partial charge is 0.455 e. The molecular formula is C98H65N3O4. The van der Waals surface area contributed by atoms with Gasteiger partial charge in [-0.25, -0.2) is 0 Å². The van der Waals surface area contributed by atoms with Crippen molar-refractivity contribution in [1.29, 1.82) is 0 Å². The topological polar surface area (TPSA) is 64.0 Å². The average Bonchev–Trinajstić information content (AvgIpc) is 1.49. The molecule has 496 valence electrons. The summed E-state index contributed by atoms with van der Waals surface area (Å²) in [5.74, 6) is 0. The summed E-state index contributed by atoms with van der Waals surface area (Å²) in [6.45, 7) is 11.5. The Bertz CT molecular complexity index is 7190. The zero-order valence-electron chi connectivity index (χ0n) is 58.3. The highest BCUT2D eigenvalue weighted by atomic mass is 16.3. The van der Waals surface area contributed by atoms with Gasteiger partial charge in [0.15, 0.2) is 11.2 Å². The molecule has 4 aliphatic rings. The summed E-state index contributed by atoms with van der Waals surface area (Å²) in [6, 6.07) is 112. The summed E-state index contributed by atoms with van der Waals surface area (Å²) in [7, 11) is 0. The Morgan fingerprint density at radius 2 is 0.848 bits per heavy atom. The summed E-state index contributed by atoms with van der Waals surface area (Å²) in [6.07, 6.45) is 0. The third kappa shape index (κ3) is 7.63. The number of hydrogen-bond acceptors (Lipinski definition) is 6. The lowest BCUT2D eigenvalue weighted by Gasteiger charge is -2.40. The van der Waals surface area contributed by atoms with Crippen molar-refractivity contribution in [2.75, 3.05) is 9.80 Å². The molecule has 0 fully saturated rings. The molecule has 7 heteroatoms. The normalized spacial score (nSPS) is 15.0. The molecule has 0 saturated heterocycles. The van der Waals surface area contributed by atoms with Crippen molar-refractivity contribution in [3.63, 3.8) is 0 Å². The van der Waals surface area contributed by atoms with E-state index < -0.39 is 10.8 Å². The molecule has 24 rings (SSSR count). The molecule has 3 aliphatic heterocycles. The molecule has 0 saturated carbocycles. The summed E-state index contributed by atoms with van der Waals surface area (Å²) in [5.41, 5.74) is 27.8. The highest BCUT2D eigenvalue weighted by Crippen LogP contribution is 2.68. The third-order valence-electron chi connectivity index (χ3n) is 23.7. The summed E-state index contributed by atoms with van der Waals surface area (Å²) in [5, 5.41) is 10.5. The number of hydrogen-bond donors (Lipinski definition) is 0. The first kappa shape index (κ1) is 58.5. The van der Waals surface area contributed by atoms with E-state index in [9.17, 15) is 0 Å². The van der Waals surface area contributed by atoms with E-state index in [0.29, 0.717) is 0 Å². The number of rotatable bonds is 5. The van der Waals surface area contributed by atoms with Gasteiger partial charge < -0.3 is 32.0 Å². The quantitative estimate of drug-likeness (QED) is 0.171. The SMILES string of the molecule is CC(C)(C)c1cccc2c1oc1c(N(c3ccccc3-c3ccccc3)c3cc4c(c5oc6ccccc6c35)-c3c(cc(N5c6ccccc6-c6ccc(cc6)C(C)(C)c6cccc7c6oc6c5cccc67)c5c3oc3ccccc35)C43c4ccccc4-n4c5ccccc5c5cccc3c54)cccc12. The monoisotopic (exact) mass is 1350 g/mol. The molecule has 1 atom stereocenters. The summed E-state index contributed by atoms with van der Waals surface area (Å²) >= 11 is 0. The second-order valence-corrected chi connectivity index (χ2v) is 30.5. The lowest BCUT2D eigenvalue weighted by atomic mass is 9.65. The lowest BCUT2D eigenvalue weighted by molar-refractivity contribution is 0.573. The first-order valence-corrected chi connectivity index (χ1v) is 36.5. The van der Waals surface area contributed by atoms with Gasteiger partial charge in [-0.1, -0.05) is 277 Å². The number of fused-ring (bicyclic) bond motifs is 26. The van der Waals surface area contributed by atoms with Crippen LogP contribution >= 0.6 is 0 Å². The second kappa shape index (κ2) is 20.8. The molecule has 1 spiro atoms. The van der Waals surface area contributed by atoms with E-state index in [4.69, 9.17) is 17.7 Å². The van der Waals surface area contributed by atoms with Crippen molar-refractivity contribution in [3.05, 3.63) is 342 Å². The highest BCUT2D eigenvalue weighted by Gasteiger charge is 2.55. The number of benzene rings is 15. The van der Waals surface area contributed by atoms with Crippen LogP contribution in [0.2, 0.25) is 0 Å². The Balaban J connectivity index is 0.933. The van der Waals surface area contributed by atoms with Gasteiger partial charge in [0.25, 0.3) is 0 Å². The van der Waals surface area contributed by atoms with Crippen LogP contribution in [0.3, 0.4) is 0 Å². The van der Waals surface area contributed by atoms with E-state index >= 15 is 0 Å². The van der Waals surface area contributed by atoms with Gasteiger partial charge in [-0.15, -0.1) is 0 Å². The zero-order valence-corrected chi connectivity index (χ0v) is 58.3. The maximum Gasteiger partial charge on any atom is 0.159 e. The average molecular weight is 1350 g/mol. The van der Waals surface area contributed by atoms with E-state index in [0.717, 1.165) is 205 Å². The number of nitrogens with zero attached hydrogens (tertiary/aromatic N) is 3. The Kier molecular flexibility index (Phi) is 11.6. The minimum Gasteiger partial charge on any atom is -0.455 e. The molecular weight excluding hydrogens is 1280 g/mol. The molecule has 105 heavy (non-hydrogen) atoms. The van der Waals surface area contributed by atoms with Crippen LogP contribution in [0, 0.1) is 0 Å². The minimum atomic E-state index is -1.11. The van der Waals surface area contributed by atoms with Crippen molar-refractivity contribution in [2.45, 2.75) is 50.9 Å². The summed E-state index contributed by atoms with van der Waals surface area (Å²) in [4.78, 5) is 5.01. The van der Waals surface area contributed by atoms with Crippen LogP contribution in [0.5, 0.6) is 0 Å². The predicted molar refractivity (Wildman–Crippen MR) is 432 cm³/mol. The van der Waals surface area contributed by atoms with Gasteiger partial charge in [0, 0.05) is 81.9 Å². The van der Waals surface area contributed by atoms with E-state index in [1.165, 1.54) is 16.3 Å². The molecule has 20 aromatic rings. The number of anilines is 6. The second-order valence-electron chi connectivity index (χ2n) is 30.5. The lowest BCUT2D eigenvalue weighted by Crippen LogP contribution is -2.34. The number of aromatic nitrogens is 1. The molecule has 0 radical (unpaired) electrons. The van der Waals surface area contributed by atoms with Gasteiger partial charge in [0.05, 0.1) is 67.0 Å². The van der Waals surface area contributed by atoms with E-state index in [1.54, 1.807) is 0 Å². The molecule has 7 nitrogen and oxygen atoms in total. The van der Waals surface area contributed by atoms with Crippen molar-refractivity contribution in [1.82, 2.24) is 4.57 Å². The minimum absolute atomic E-state index is 0.212. The van der Waals surface area contributed by atoms with Gasteiger partial charge >= 0.3 is 0 Å². The number of furan rings is 4. The van der Waals surface area contributed by atoms with Crippen LogP contribution in [0.1, 0.15) is 73.6 Å². The third-order valence-corrected chi connectivity index (χ3v) is 23.7. The van der Waals surface area contributed by atoms with Gasteiger partial charge in [0.1, 0.15) is 33.5 Å². The molecule has 4 bridgehead atoms. The van der Waals surface area contributed by atoms with Crippen molar-refractivity contribution < 1.29 is 17.7 Å². The van der Waals surface area contributed by atoms with Crippen LogP contribution in [-0.4, -0.2) is 4.57 Å². The van der Waals surface area contributed by atoms with Crippen molar-refractivity contribution >= 4 is 144 Å². The molecule has 5 aromatic heterocycles. The van der Waals surface area contributed by atoms with Crippen molar-refractivity contribution in [2.24, 2.45) is 0 Å². The molecule has 15 aromatic carbocycles.